The Bertz CT molecular complexity index is 595. The van der Waals surface area contributed by atoms with Crippen LogP contribution < -0.4 is 10.1 Å². The lowest BCUT2D eigenvalue weighted by atomic mass is 9.99. The number of aromatic nitrogens is 1. The summed E-state index contributed by atoms with van der Waals surface area (Å²) in [5.74, 6) is 1.04. The molecule has 3 nitrogen and oxygen atoms in total. The number of hydrogen-bond donors (Lipinski definition) is 1. The van der Waals surface area contributed by atoms with Gasteiger partial charge in [-0.1, -0.05) is 13.0 Å². The van der Waals surface area contributed by atoms with Crippen molar-refractivity contribution in [1.29, 1.82) is 0 Å². The van der Waals surface area contributed by atoms with Gasteiger partial charge in [0.1, 0.15) is 5.75 Å². The van der Waals surface area contributed by atoms with Crippen molar-refractivity contribution in [3.63, 3.8) is 0 Å². The van der Waals surface area contributed by atoms with Crippen LogP contribution in [0.5, 0.6) is 5.75 Å². The molecule has 0 amide bonds. The normalized spacial score (nSPS) is 13.7. The van der Waals surface area contributed by atoms with E-state index in [1.54, 1.807) is 0 Å². The number of benzene rings is 1. The van der Waals surface area contributed by atoms with Gasteiger partial charge in [-0.25, -0.2) is 0 Å². The summed E-state index contributed by atoms with van der Waals surface area (Å²) in [6, 6.07) is 8.66. The Kier molecular flexibility index (Phi) is 3.97. The molecule has 1 aromatic carbocycles. The van der Waals surface area contributed by atoms with Crippen molar-refractivity contribution in [1.82, 2.24) is 10.3 Å². The van der Waals surface area contributed by atoms with Crippen LogP contribution in [0, 0.1) is 0 Å². The Labute approximate surface area is 120 Å². The number of aryl methyl sites for hydroxylation is 1. The average molecular weight is 268 g/mol. The van der Waals surface area contributed by atoms with E-state index in [9.17, 15) is 0 Å². The molecule has 0 saturated carbocycles. The van der Waals surface area contributed by atoms with Crippen LogP contribution in [-0.2, 0) is 13.0 Å². The molecule has 104 valence electrons. The molecule has 0 fully saturated rings. The molecule has 0 atom stereocenters. The van der Waals surface area contributed by atoms with Gasteiger partial charge in [-0.2, -0.15) is 0 Å². The predicted octanol–water partition coefficient (Wildman–Crippen LogP) is 3.18. The van der Waals surface area contributed by atoms with Gasteiger partial charge < -0.3 is 10.1 Å². The van der Waals surface area contributed by atoms with Crippen LogP contribution in [0.15, 0.2) is 36.7 Å². The van der Waals surface area contributed by atoms with Crippen molar-refractivity contribution in [2.75, 3.05) is 13.2 Å². The first-order chi connectivity index (χ1) is 9.86. The van der Waals surface area contributed by atoms with Crippen LogP contribution >= 0.6 is 0 Å². The van der Waals surface area contributed by atoms with Crippen LogP contribution in [0.4, 0.5) is 0 Å². The molecule has 0 saturated heterocycles. The monoisotopic (exact) mass is 268 g/mol. The van der Waals surface area contributed by atoms with Gasteiger partial charge in [-0.05, 0) is 54.3 Å². The third-order valence-corrected chi connectivity index (χ3v) is 3.62. The van der Waals surface area contributed by atoms with Crippen LogP contribution in [0.2, 0.25) is 0 Å². The second-order valence-corrected chi connectivity index (χ2v) is 5.14. The average Bonchev–Trinajstić information content (AvgIpc) is 2.53. The number of nitrogens with one attached hydrogen (secondary N) is 1. The Morgan fingerprint density at radius 2 is 2.15 bits per heavy atom. The zero-order valence-electron chi connectivity index (χ0n) is 11.9. The quantitative estimate of drug-likeness (QED) is 0.924. The molecule has 2 aromatic rings. The zero-order chi connectivity index (χ0) is 13.8. The van der Waals surface area contributed by atoms with E-state index in [0.717, 1.165) is 38.3 Å². The third-order valence-electron chi connectivity index (χ3n) is 3.62. The van der Waals surface area contributed by atoms with Gasteiger partial charge in [-0.3, -0.25) is 4.98 Å². The number of hydrogen-bond acceptors (Lipinski definition) is 3. The van der Waals surface area contributed by atoms with Crippen LogP contribution in [-0.4, -0.2) is 18.1 Å². The second-order valence-electron chi connectivity index (χ2n) is 5.14. The third kappa shape index (κ3) is 2.83. The number of ether oxygens (including phenoxy) is 1. The largest absolute Gasteiger partial charge is 0.493 e. The first-order valence-corrected chi connectivity index (χ1v) is 7.27. The van der Waals surface area contributed by atoms with E-state index < -0.39 is 0 Å². The van der Waals surface area contributed by atoms with Crippen molar-refractivity contribution in [2.24, 2.45) is 0 Å². The highest BCUT2D eigenvalue weighted by Crippen LogP contribution is 2.30. The van der Waals surface area contributed by atoms with Crippen molar-refractivity contribution >= 4 is 0 Å². The molecule has 0 spiro atoms. The molecular formula is C17H20N2O. The minimum atomic E-state index is 0.839. The van der Waals surface area contributed by atoms with Crippen LogP contribution in [0.3, 0.4) is 0 Å². The van der Waals surface area contributed by atoms with Gasteiger partial charge in [0.2, 0.25) is 0 Å². The summed E-state index contributed by atoms with van der Waals surface area (Å²) < 4.78 is 5.67. The van der Waals surface area contributed by atoms with Crippen LogP contribution in [0.1, 0.15) is 24.5 Å². The van der Waals surface area contributed by atoms with Gasteiger partial charge in [0.25, 0.3) is 0 Å². The van der Waals surface area contributed by atoms with Gasteiger partial charge in [0, 0.05) is 24.5 Å². The molecule has 1 aromatic heterocycles. The van der Waals surface area contributed by atoms with Gasteiger partial charge >= 0.3 is 0 Å². The molecular weight excluding hydrogens is 248 g/mol. The molecule has 3 rings (SSSR count). The van der Waals surface area contributed by atoms with Gasteiger partial charge in [-0.15, -0.1) is 0 Å². The highest BCUT2D eigenvalue weighted by molar-refractivity contribution is 5.65. The molecule has 0 unspecified atom stereocenters. The van der Waals surface area contributed by atoms with Crippen molar-refractivity contribution < 1.29 is 4.74 Å². The molecule has 20 heavy (non-hydrogen) atoms. The maximum atomic E-state index is 5.67. The maximum Gasteiger partial charge on any atom is 0.122 e. The maximum absolute atomic E-state index is 5.67. The van der Waals surface area contributed by atoms with E-state index in [1.807, 2.05) is 12.4 Å². The molecule has 1 aliphatic rings. The Balaban J connectivity index is 1.88. The van der Waals surface area contributed by atoms with Gasteiger partial charge in [0.05, 0.1) is 6.61 Å². The minimum Gasteiger partial charge on any atom is -0.493 e. The number of nitrogens with zero attached hydrogens (tertiary/aromatic N) is 1. The second kappa shape index (κ2) is 6.06. The molecule has 0 aliphatic carbocycles. The minimum absolute atomic E-state index is 0.839. The van der Waals surface area contributed by atoms with E-state index in [4.69, 9.17) is 4.74 Å². The summed E-state index contributed by atoms with van der Waals surface area (Å²) in [5.41, 5.74) is 4.93. The van der Waals surface area contributed by atoms with Crippen molar-refractivity contribution in [2.45, 2.75) is 26.3 Å². The highest BCUT2D eigenvalue weighted by Gasteiger charge is 2.11. The smallest absolute Gasteiger partial charge is 0.122 e. The fourth-order valence-electron chi connectivity index (χ4n) is 2.55. The summed E-state index contributed by atoms with van der Waals surface area (Å²) in [5, 5.41) is 3.33. The first-order valence-electron chi connectivity index (χ1n) is 7.27. The Hall–Kier alpha value is -1.87. The molecule has 2 heterocycles. The lowest BCUT2D eigenvalue weighted by Gasteiger charge is -2.18. The summed E-state index contributed by atoms with van der Waals surface area (Å²) >= 11 is 0. The molecule has 1 aliphatic heterocycles. The van der Waals surface area contributed by atoms with E-state index in [-0.39, 0.29) is 0 Å². The topological polar surface area (TPSA) is 34.2 Å². The fraction of sp³-hybridized carbons (Fsp3) is 0.353. The lowest BCUT2D eigenvalue weighted by Crippen LogP contribution is -2.11. The van der Waals surface area contributed by atoms with E-state index in [2.05, 4.69) is 41.5 Å². The first kappa shape index (κ1) is 13.1. The highest BCUT2D eigenvalue weighted by atomic mass is 16.5. The lowest BCUT2D eigenvalue weighted by molar-refractivity contribution is 0.288. The summed E-state index contributed by atoms with van der Waals surface area (Å²) in [6.07, 6.45) is 6.07. The number of rotatable bonds is 4. The van der Waals surface area contributed by atoms with E-state index in [1.165, 1.54) is 22.3 Å². The Morgan fingerprint density at radius 3 is 3.05 bits per heavy atom. The summed E-state index contributed by atoms with van der Waals surface area (Å²) in [6.45, 7) is 4.79. The number of fused-ring (bicyclic) bond motifs is 1. The predicted molar refractivity (Wildman–Crippen MR) is 80.9 cm³/mol. The fourth-order valence-corrected chi connectivity index (χ4v) is 2.55. The van der Waals surface area contributed by atoms with Crippen LogP contribution in [0.25, 0.3) is 11.1 Å². The molecule has 0 radical (unpaired) electrons. The molecule has 1 N–H and O–H groups in total. The Morgan fingerprint density at radius 1 is 1.20 bits per heavy atom. The van der Waals surface area contributed by atoms with Gasteiger partial charge in [0.15, 0.2) is 0 Å². The molecule has 0 bridgehead atoms. The van der Waals surface area contributed by atoms with Crippen molar-refractivity contribution in [3.8, 4) is 16.9 Å². The van der Waals surface area contributed by atoms with E-state index in [0.29, 0.717) is 0 Å². The SMILES string of the molecule is CCNCc1cncc(-c2ccc3c(c2)CCCO3)c1. The summed E-state index contributed by atoms with van der Waals surface area (Å²) in [4.78, 5) is 4.35. The summed E-state index contributed by atoms with van der Waals surface area (Å²) in [7, 11) is 0. The number of pyridine rings is 1. The zero-order valence-corrected chi connectivity index (χ0v) is 11.9. The van der Waals surface area contributed by atoms with E-state index >= 15 is 0 Å². The standard InChI is InChI=1S/C17H20N2O/c1-2-18-10-13-8-16(12-19-11-13)14-5-6-17-15(9-14)4-3-7-20-17/h5-6,8-9,11-12,18H,2-4,7,10H2,1H3. The molecule has 3 heteroatoms. The van der Waals surface area contributed by atoms with Crippen molar-refractivity contribution in [3.05, 3.63) is 47.8 Å².